The lowest BCUT2D eigenvalue weighted by Crippen LogP contribution is -2.01. The van der Waals surface area contributed by atoms with E-state index in [2.05, 4.69) is 11.9 Å². The van der Waals surface area contributed by atoms with Gasteiger partial charge in [-0.05, 0) is 19.1 Å². The first-order valence-electron chi connectivity index (χ1n) is 3.65. The molecule has 0 aliphatic heterocycles. The second kappa shape index (κ2) is 6.87. The Morgan fingerprint density at radius 3 is 2.55 bits per heavy atom. The van der Waals surface area contributed by atoms with Gasteiger partial charge in [0.25, 0.3) is 0 Å². The van der Waals surface area contributed by atoms with E-state index in [0.717, 1.165) is 5.70 Å². The molecule has 0 saturated heterocycles. The van der Waals surface area contributed by atoms with Gasteiger partial charge in [0.05, 0.1) is 0 Å². The Kier molecular flexibility index (Phi) is 6.10. The smallest absolute Gasteiger partial charge is 0.0337 e. The van der Waals surface area contributed by atoms with Gasteiger partial charge >= 0.3 is 0 Å². The summed E-state index contributed by atoms with van der Waals surface area (Å²) < 4.78 is 0. The predicted octanol–water partition coefficient (Wildman–Crippen LogP) is 2.41. The minimum absolute atomic E-state index is 1.07. The average molecular weight is 149 g/mol. The first kappa shape index (κ1) is 9.76. The maximum absolute atomic E-state index is 3.59. The molecule has 0 spiro atoms. The molecule has 0 aliphatic rings. The highest BCUT2D eigenvalue weighted by atomic mass is 14.8. The zero-order valence-electron chi connectivity index (χ0n) is 7.17. The largest absolute Gasteiger partial charge is 0.388 e. The van der Waals surface area contributed by atoms with Gasteiger partial charge in [0.2, 0.25) is 0 Å². The zero-order valence-corrected chi connectivity index (χ0v) is 7.17. The summed E-state index contributed by atoms with van der Waals surface area (Å²) in [5, 5.41) is 3.05. The van der Waals surface area contributed by atoms with Crippen molar-refractivity contribution in [1.29, 1.82) is 0 Å². The van der Waals surface area contributed by atoms with E-state index in [1.54, 1.807) is 6.08 Å². The Morgan fingerprint density at radius 2 is 2.09 bits per heavy atom. The molecular weight excluding hydrogens is 134 g/mol. The quantitative estimate of drug-likeness (QED) is 0.605. The summed E-state index contributed by atoms with van der Waals surface area (Å²) in [7, 11) is 1.89. The maximum atomic E-state index is 3.59. The van der Waals surface area contributed by atoms with Crippen LogP contribution in [0, 0.1) is 0 Å². The second-order valence-electron chi connectivity index (χ2n) is 1.99. The van der Waals surface area contributed by atoms with E-state index in [9.17, 15) is 0 Å². The minimum Gasteiger partial charge on any atom is -0.388 e. The van der Waals surface area contributed by atoms with Crippen molar-refractivity contribution in [1.82, 2.24) is 5.32 Å². The summed E-state index contributed by atoms with van der Waals surface area (Å²) in [6, 6.07) is 0. The minimum atomic E-state index is 1.07. The monoisotopic (exact) mass is 149 g/mol. The molecule has 1 heteroatoms. The molecule has 1 N–H and O–H groups in total. The molecule has 0 bridgehead atoms. The first-order valence-corrected chi connectivity index (χ1v) is 3.65. The van der Waals surface area contributed by atoms with E-state index >= 15 is 0 Å². The van der Waals surface area contributed by atoms with Crippen molar-refractivity contribution in [3.63, 3.8) is 0 Å². The van der Waals surface area contributed by atoms with Crippen molar-refractivity contribution in [2.24, 2.45) is 0 Å². The van der Waals surface area contributed by atoms with Crippen LogP contribution in [0.2, 0.25) is 0 Å². The standard InChI is InChI=1S/C10H15N/c1-4-6-8-10(11-3)9-7-5-2/h4-9,11H,1H2,2-3H3/b7-5-,8-6-,10-9+. The highest BCUT2D eigenvalue weighted by molar-refractivity contribution is 5.23. The molecule has 0 rings (SSSR count). The lowest BCUT2D eigenvalue weighted by Gasteiger charge is -1.96. The Labute approximate surface area is 68.8 Å². The Balaban J connectivity index is 4.14. The predicted molar refractivity (Wildman–Crippen MR) is 51.3 cm³/mol. The molecule has 0 aromatic heterocycles. The van der Waals surface area contributed by atoms with Crippen molar-refractivity contribution >= 4 is 0 Å². The molecule has 1 nitrogen and oxygen atoms in total. The van der Waals surface area contributed by atoms with Crippen molar-refractivity contribution < 1.29 is 0 Å². The SMILES string of the molecule is C=C\C=C/C(=C\C=C/C)NC. The molecule has 0 amide bonds. The van der Waals surface area contributed by atoms with Crippen LogP contribution >= 0.6 is 0 Å². The Morgan fingerprint density at radius 1 is 1.36 bits per heavy atom. The van der Waals surface area contributed by atoms with Gasteiger partial charge in [-0.1, -0.05) is 30.9 Å². The van der Waals surface area contributed by atoms with E-state index in [-0.39, 0.29) is 0 Å². The summed E-state index contributed by atoms with van der Waals surface area (Å²) in [6.45, 7) is 5.57. The van der Waals surface area contributed by atoms with Crippen LogP contribution in [-0.2, 0) is 0 Å². The molecular formula is C10H15N. The first-order chi connectivity index (χ1) is 5.35. The normalized spacial score (nSPS) is 12.7. The van der Waals surface area contributed by atoms with E-state index in [1.807, 2.05) is 44.4 Å². The number of hydrogen-bond acceptors (Lipinski definition) is 1. The fourth-order valence-corrected chi connectivity index (χ4v) is 0.594. The van der Waals surface area contributed by atoms with Crippen molar-refractivity contribution in [2.45, 2.75) is 6.92 Å². The van der Waals surface area contributed by atoms with Crippen molar-refractivity contribution in [2.75, 3.05) is 7.05 Å². The number of rotatable bonds is 4. The highest BCUT2D eigenvalue weighted by Gasteiger charge is 1.79. The van der Waals surface area contributed by atoms with Crippen LogP contribution in [0.1, 0.15) is 6.92 Å². The molecule has 11 heavy (non-hydrogen) atoms. The molecule has 0 fully saturated rings. The molecule has 0 aromatic carbocycles. The van der Waals surface area contributed by atoms with Gasteiger partial charge in [0.1, 0.15) is 0 Å². The van der Waals surface area contributed by atoms with Gasteiger partial charge in [0.15, 0.2) is 0 Å². The van der Waals surface area contributed by atoms with Crippen LogP contribution in [0.3, 0.4) is 0 Å². The fraction of sp³-hybridized carbons (Fsp3) is 0.200. The molecule has 0 aliphatic carbocycles. The maximum Gasteiger partial charge on any atom is 0.0337 e. The van der Waals surface area contributed by atoms with Gasteiger partial charge in [-0.2, -0.15) is 0 Å². The number of hydrogen-bond donors (Lipinski definition) is 1. The fourth-order valence-electron chi connectivity index (χ4n) is 0.594. The van der Waals surface area contributed by atoms with Gasteiger partial charge < -0.3 is 5.32 Å². The van der Waals surface area contributed by atoms with Gasteiger partial charge in [-0.3, -0.25) is 0 Å². The number of likely N-dealkylation sites (N-methyl/N-ethyl adjacent to an activating group) is 1. The van der Waals surface area contributed by atoms with E-state index in [0.29, 0.717) is 0 Å². The number of nitrogens with one attached hydrogen (secondary N) is 1. The van der Waals surface area contributed by atoms with Crippen molar-refractivity contribution in [3.05, 3.63) is 48.7 Å². The summed E-state index contributed by atoms with van der Waals surface area (Å²) in [4.78, 5) is 0. The van der Waals surface area contributed by atoms with Crippen LogP contribution < -0.4 is 5.32 Å². The van der Waals surface area contributed by atoms with Crippen molar-refractivity contribution in [3.8, 4) is 0 Å². The molecule has 0 radical (unpaired) electrons. The van der Waals surface area contributed by atoms with Gasteiger partial charge in [0, 0.05) is 12.7 Å². The molecule has 0 atom stereocenters. The van der Waals surface area contributed by atoms with Gasteiger partial charge in [-0.15, -0.1) is 0 Å². The van der Waals surface area contributed by atoms with E-state index in [1.165, 1.54) is 0 Å². The molecule has 0 saturated carbocycles. The lowest BCUT2D eigenvalue weighted by molar-refractivity contribution is 1.03. The average Bonchev–Trinajstić information content (AvgIpc) is 2.05. The molecule has 0 aromatic rings. The van der Waals surface area contributed by atoms with Crippen LogP contribution in [0.15, 0.2) is 48.7 Å². The summed E-state index contributed by atoms with van der Waals surface area (Å²) in [5.41, 5.74) is 1.07. The highest BCUT2D eigenvalue weighted by Crippen LogP contribution is 1.91. The third-order valence-electron chi connectivity index (χ3n) is 1.17. The summed E-state index contributed by atoms with van der Waals surface area (Å²) in [6.07, 6.45) is 11.6. The molecule has 60 valence electrons. The van der Waals surface area contributed by atoms with Crippen LogP contribution in [-0.4, -0.2) is 7.05 Å². The van der Waals surface area contributed by atoms with Crippen LogP contribution in [0.4, 0.5) is 0 Å². The van der Waals surface area contributed by atoms with E-state index in [4.69, 9.17) is 0 Å². The van der Waals surface area contributed by atoms with E-state index < -0.39 is 0 Å². The third kappa shape index (κ3) is 5.22. The summed E-state index contributed by atoms with van der Waals surface area (Å²) in [5.74, 6) is 0. The van der Waals surface area contributed by atoms with Crippen LogP contribution in [0.5, 0.6) is 0 Å². The Bertz CT molecular complexity index is 185. The zero-order chi connectivity index (χ0) is 8.53. The Hall–Kier alpha value is -1.24. The topological polar surface area (TPSA) is 12.0 Å². The second-order valence-corrected chi connectivity index (χ2v) is 1.99. The summed E-state index contributed by atoms with van der Waals surface area (Å²) >= 11 is 0. The third-order valence-corrected chi connectivity index (χ3v) is 1.17. The van der Waals surface area contributed by atoms with Crippen LogP contribution in [0.25, 0.3) is 0 Å². The van der Waals surface area contributed by atoms with Gasteiger partial charge in [-0.25, -0.2) is 0 Å². The molecule has 0 heterocycles. The lowest BCUT2D eigenvalue weighted by atomic mass is 10.3. The number of allylic oxidation sites excluding steroid dienone is 6. The molecule has 0 unspecified atom stereocenters.